The van der Waals surface area contributed by atoms with Crippen LogP contribution in [-0.4, -0.2) is 33.8 Å². The molecule has 1 aromatic carbocycles. The largest absolute Gasteiger partial charge is 0.459 e. The van der Waals surface area contributed by atoms with Gasteiger partial charge in [-0.15, -0.1) is 10.2 Å². The van der Waals surface area contributed by atoms with E-state index in [1.54, 1.807) is 12.1 Å². The lowest BCUT2D eigenvalue weighted by atomic mass is 10.1. The van der Waals surface area contributed by atoms with Gasteiger partial charge in [0.05, 0.1) is 12.0 Å². The van der Waals surface area contributed by atoms with Gasteiger partial charge >= 0.3 is 0 Å². The summed E-state index contributed by atoms with van der Waals surface area (Å²) in [6, 6.07) is 11.3. The van der Waals surface area contributed by atoms with Gasteiger partial charge in [0.15, 0.2) is 10.1 Å². The summed E-state index contributed by atoms with van der Waals surface area (Å²) in [6.07, 6.45) is 2.30. The van der Waals surface area contributed by atoms with Crippen LogP contribution in [0.15, 0.2) is 51.4 Å². The molecule has 2 amide bonds. The molecular formula is C18H16N4O3S2. The maximum atomic E-state index is 12.7. The van der Waals surface area contributed by atoms with Gasteiger partial charge in [-0.05, 0) is 37.1 Å². The van der Waals surface area contributed by atoms with Gasteiger partial charge in [0.2, 0.25) is 11.0 Å². The zero-order chi connectivity index (χ0) is 18.8. The lowest BCUT2D eigenvalue weighted by Gasteiger charge is -2.22. The second-order valence-electron chi connectivity index (χ2n) is 6.04. The molecule has 1 aliphatic heterocycles. The molecule has 0 fully saturated rings. The number of aromatic nitrogens is 2. The van der Waals surface area contributed by atoms with Gasteiger partial charge in [-0.2, -0.15) is 0 Å². The second-order valence-corrected chi connectivity index (χ2v) is 8.24. The lowest BCUT2D eigenvalue weighted by molar-refractivity contribution is -0.116. The second kappa shape index (κ2) is 7.53. The first kappa shape index (κ1) is 17.7. The molecule has 7 nitrogen and oxygen atoms in total. The van der Waals surface area contributed by atoms with Gasteiger partial charge in [0, 0.05) is 11.7 Å². The molecule has 27 heavy (non-hydrogen) atoms. The highest BCUT2D eigenvalue weighted by Crippen LogP contribution is 2.33. The van der Waals surface area contributed by atoms with Crippen molar-refractivity contribution in [3.63, 3.8) is 0 Å². The molecule has 3 heterocycles. The summed E-state index contributed by atoms with van der Waals surface area (Å²) in [4.78, 5) is 26.5. The number of fused-ring (bicyclic) bond motifs is 1. The normalized spacial score (nSPS) is 15.6. The molecule has 0 radical (unpaired) electrons. The molecule has 0 saturated carbocycles. The number of thioether (sulfide) groups is 1. The summed E-state index contributed by atoms with van der Waals surface area (Å²) in [5.74, 6) is 0.121. The third kappa shape index (κ3) is 3.74. The Bertz CT molecular complexity index is 971. The fraction of sp³-hybridized carbons (Fsp3) is 0.222. The maximum absolute atomic E-state index is 12.7. The summed E-state index contributed by atoms with van der Waals surface area (Å²) >= 11 is 2.54. The average Bonchev–Trinajstić information content (AvgIpc) is 3.39. The molecule has 1 N–H and O–H groups in total. The number of carbonyl (C=O) groups excluding carboxylic acids is 2. The molecule has 0 spiro atoms. The number of hydrogen-bond donors (Lipinski definition) is 1. The number of para-hydroxylation sites is 1. The minimum Gasteiger partial charge on any atom is -0.459 e. The fourth-order valence-corrected chi connectivity index (χ4v) is 4.63. The number of nitrogens with one attached hydrogen (secondary N) is 1. The predicted octanol–water partition coefficient (Wildman–Crippen LogP) is 3.45. The van der Waals surface area contributed by atoms with E-state index in [0.717, 1.165) is 12.1 Å². The molecule has 0 unspecified atom stereocenters. The van der Waals surface area contributed by atoms with Crippen molar-refractivity contribution in [1.82, 2.24) is 10.2 Å². The predicted molar refractivity (Wildman–Crippen MR) is 104 cm³/mol. The van der Waals surface area contributed by atoms with E-state index in [-0.39, 0.29) is 29.4 Å². The SMILES string of the molecule is C[C@H]1Cc2ccccc2N1C(=O)CSc1nnc(NC(=O)c2ccco2)s1. The van der Waals surface area contributed by atoms with Gasteiger partial charge in [-0.3, -0.25) is 14.9 Å². The minimum absolute atomic E-state index is 0.0359. The maximum Gasteiger partial charge on any atom is 0.293 e. The Labute approximate surface area is 163 Å². The molecule has 0 saturated heterocycles. The van der Waals surface area contributed by atoms with Crippen LogP contribution in [0.1, 0.15) is 23.0 Å². The standard InChI is InChI=1S/C18H16N4O3S2/c1-11-9-12-5-2-3-6-13(12)22(11)15(23)10-26-18-21-20-17(27-18)19-16(24)14-7-4-8-25-14/h2-8,11H,9-10H2,1H3,(H,19,20,24)/t11-/m0/s1. The van der Waals surface area contributed by atoms with E-state index in [2.05, 4.69) is 28.5 Å². The molecule has 138 valence electrons. The average molecular weight is 400 g/mol. The Balaban J connectivity index is 1.36. The molecule has 4 rings (SSSR count). The Hall–Kier alpha value is -2.65. The first-order chi connectivity index (χ1) is 13.1. The number of furan rings is 1. The number of carbonyl (C=O) groups is 2. The van der Waals surface area contributed by atoms with Gasteiger partial charge < -0.3 is 9.32 Å². The topological polar surface area (TPSA) is 88.3 Å². The highest BCUT2D eigenvalue weighted by atomic mass is 32.2. The summed E-state index contributed by atoms with van der Waals surface area (Å²) in [5.41, 5.74) is 2.18. The van der Waals surface area contributed by atoms with Crippen molar-refractivity contribution < 1.29 is 14.0 Å². The van der Waals surface area contributed by atoms with Crippen molar-refractivity contribution >= 4 is 45.7 Å². The highest BCUT2D eigenvalue weighted by molar-refractivity contribution is 8.01. The zero-order valence-corrected chi connectivity index (χ0v) is 16.0. The molecule has 3 aromatic rings. The van der Waals surface area contributed by atoms with E-state index in [1.165, 1.54) is 34.9 Å². The van der Waals surface area contributed by atoms with Crippen LogP contribution < -0.4 is 10.2 Å². The van der Waals surface area contributed by atoms with E-state index in [9.17, 15) is 9.59 Å². The van der Waals surface area contributed by atoms with Crippen molar-refractivity contribution in [1.29, 1.82) is 0 Å². The fourth-order valence-electron chi connectivity index (χ4n) is 3.02. The van der Waals surface area contributed by atoms with Crippen molar-refractivity contribution in [2.24, 2.45) is 0 Å². The summed E-state index contributed by atoms with van der Waals surface area (Å²) < 4.78 is 5.66. The third-order valence-electron chi connectivity index (χ3n) is 4.17. The Morgan fingerprint density at radius 2 is 2.15 bits per heavy atom. The van der Waals surface area contributed by atoms with Crippen LogP contribution in [0.3, 0.4) is 0 Å². The number of hydrogen-bond acceptors (Lipinski definition) is 7. The van der Waals surface area contributed by atoms with E-state index in [4.69, 9.17) is 4.42 Å². The van der Waals surface area contributed by atoms with Crippen LogP contribution in [0.5, 0.6) is 0 Å². The Morgan fingerprint density at radius 3 is 2.96 bits per heavy atom. The van der Waals surface area contributed by atoms with E-state index in [1.807, 2.05) is 23.1 Å². The molecule has 1 atom stereocenters. The van der Waals surface area contributed by atoms with Gasteiger partial charge in [0.25, 0.3) is 5.91 Å². The number of rotatable bonds is 5. The zero-order valence-electron chi connectivity index (χ0n) is 14.4. The van der Waals surface area contributed by atoms with Crippen LogP contribution in [-0.2, 0) is 11.2 Å². The summed E-state index contributed by atoms with van der Waals surface area (Å²) in [5, 5.41) is 11.0. The van der Waals surface area contributed by atoms with Crippen LogP contribution in [0.4, 0.5) is 10.8 Å². The first-order valence-electron chi connectivity index (χ1n) is 8.33. The van der Waals surface area contributed by atoms with Crippen molar-refractivity contribution in [2.45, 2.75) is 23.7 Å². The lowest BCUT2D eigenvalue weighted by Crippen LogP contribution is -2.36. The molecular weight excluding hydrogens is 384 g/mol. The quantitative estimate of drug-likeness (QED) is 0.521. The molecule has 0 bridgehead atoms. The highest BCUT2D eigenvalue weighted by Gasteiger charge is 2.30. The van der Waals surface area contributed by atoms with E-state index in [0.29, 0.717) is 9.47 Å². The number of anilines is 2. The monoisotopic (exact) mass is 400 g/mol. The van der Waals surface area contributed by atoms with Crippen LogP contribution in [0.2, 0.25) is 0 Å². The van der Waals surface area contributed by atoms with Gasteiger partial charge in [-0.25, -0.2) is 0 Å². The van der Waals surface area contributed by atoms with E-state index >= 15 is 0 Å². The minimum atomic E-state index is -0.383. The number of benzene rings is 1. The van der Waals surface area contributed by atoms with Crippen molar-refractivity contribution in [3.8, 4) is 0 Å². The Kier molecular flexibility index (Phi) is 4.95. The van der Waals surface area contributed by atoms with Crippen LogP contribution in [0, 0.1) is 0 Å². The first-order valence-corrected chi connectivity index (χ1v) is 10.1. The molecule has 2 aromatic heterocycles. The molecule has 9 heteroatoms. The van der Waals surface area contributed by atoms with Crippen LogP contribution >= 0.6 is 23.1 Å². The molecule has 0 aliphatic carbocycles. The van der Waals surface area contributed by atoms with Gasteiger partial charge in [0.1, 0.15) is 0 Å². The summed E-state index contributed by atoms with van der Waals surface area (Å²) in [6.45, 7) is 2.05. The number of nitrogens with zero attached hydrogens (tertiary/aromatic N) is 3. The number of amides is 2. The van der Waals surface area contributed by atoms with Crippen molar-refractivity contribution in [2.75, 3.05) is 16.0 Å². The van der Waals surface area contributed by atoms with Crippen LogP contribution in [0.25, 0.3) is 0 Å². The Morgan fingerprint density at radius 1 is 1.30 bits per heavy atom. The van der Waals surface area contributed by atoms with Crippen molar-refractivity contribution in [3.05, 3.63) is 54.0 Å². The third-order valence-corrected chi connectivity index (χ3v) is 6.12. The molecule has 1 aliphatic rings. The summed E-state index contributed by atoms with van der Waals surface area (Å²) in [7, 11) is 0. The van der Waals surface area contributed by atoms with E-state index < -0.39 is 0 Å². The van der Waals surface area contributed by atoms with Gasteiger partial charge in [-0.1, -0.05) is 41.3 Å². The smallest absolute Gasteiger partial charge is 0.293 e.